The van der Waals surface area contributed by atoms with Crippen LogP contribution in [-0.4, -0.2) is 86.6 Å². The van der Waals surface area contributed by atoms with Gasteiger partial charge in [-0.25, -0.2) is 4.79 Å². The Morgan fingerprint density at radius 2 is 1.72 bits per heavy atom. The first-order chi connectivity index (χ1) is 20.5. The lowest BCUT2D eigenvalue weighted by Crippen LogP contribution is -2.56. The number of ether oxygens (including phenoxy) is 5. The number of nitrogens with zero attached hydrogens (tertiary/aromatic N) is 2. The van der Waals surface area contributed by atoms with Crippen LogP contribution in [0.3, 0.4) is 0 Å². The van der Waals surface area contributed by atoms with Crippen molar-refractivity contribution in [1.82, 2.24) is 9.80 Å². The fraction of sp³-hybridized carbons (Fsp3) is 0.588. The number of piperidine rings is 1. The molecule has 3 rings (SSSR count). The fourth-order valence-corrected chi connectivity index (χ4v) is 5.35. The summed E-state index contributed by atoms with van der Waals surface area (Å²) < 4.78 is 28.3. The van der Waals surface area contributed by atoms with Crippen molar-refractivity contribution < 1.29 is 33.3 Å². The number of carbonyl (C=O) groups excluding carboxylic acids is 2. The zero-order valence-electron chi connectivity index (χ0n) is 27.0. The summed E-state index contributed by atoms with van der Waals surface area (Å²) in [6, 6.07) is 15.1. The molecule has 0 radical (unpaired) electrons. The number of amides is 2. The molecule has 1 heterocycles. The largest absolute Gasteiger partial charge is 0.493 e. The SMILES string of the molecule is COCCCOc1cc(C(=O)N(C(C)C)[C@@H]2CC(CCOCc3ccccc3)CN(C(=O)OC(C)(C)C)C2)ccc1OC. The van der Waals surface area contributed by atoms with Crippen LogP contribution in [0.15, 0.2) is 48.5 Å². The van der Waals surface area contributed by atoms with Crippen LogP contribution in [0.1, 0.15) is 69.8 Å². The van der Waals surface area contributed by atoms with E-state index in [1.165, 1.54) is 0 Å². The Hall–Kier alpha value is -3.30. The van der Waals surface area contributed by atoms with Crippen LogP contribution in [0, 0.1) is 5.92 Å². The lowest BCUT2D eigenvalue weighted by atomic mass is 9.90. The van der Waals surface area contributed by atoms with Gasteiger partial charge in [-0.1, -0.05) is 30.3 Å². The number of rotatable bonds is 14. The minimum atomic E-state index is -0.616. The topological polar surface area (TPSA) is 86.8 Å². The van der Waals surface area contributed by atoms with Gasteiger partial charge in [-0.05, 0) is 77.1 Å². The molecular weight excluding hydrogens is 548 g/mol. The molecule has 2 atom stereocenters. The third-order valence-electron chi connectivity index (χ3n) is 7.29. The molecule has 2 aromatic rings. The second kappa shape index (κ2) is 16.5. The first-order valence-electron chi connectivity index (χ1n) is 15.2. The molecule has 0 N–H and O–H groups in total. The lowest BCUT2D eigenvalue weighted by Gasteiger charge is -2.44. The molecule has 43 heavy (non-hydrogen) atoms. The molecule has 0 spiro atoms. The molecule has 1 aliphatic heterocycles. The molecule has 9 heteroatoms. The number of methoxy groups -OCH3 is 2. The average molecular weight is 599 g/mol. The summed E-state index contributed by atoms with van der Waals surface area (Å²) in [5, 5.41) is 0. The smallest absolute Gasteiger partial charge is 0.410 e. The van der Waals surface area contributed by atoms with Gasteiger partial charge in [-0.3, -0.25) is 4.79 Å². The van der Waals surface area contributed by atoms with Crippen LogP contribution < -0.4 is 9.47 Å². The highest BCUT2D eigenvalue weighted by Gasteiger charge is 2.38. The molecule has 0 aliphatic carbocycles. The minimum Gasteiger partial charge on any atom is -0.493 e. The standard InChI is InChI=1S/C34H50N2O7/c1-25(2)36(32(37)28-14-15-30(40-7)31(21-28)42-18-11-17-39-6)29-20-27(16-19-41-24-26-12-9-8-10-13-26)22-35(23-29)33(38)43-34(3,4)5/h8-10,12-15,21,25,27,29H,11,16-20,22-24H2,1-7H3/t27?,29-/m1/s1. The van der Waals surface area contributed by atoms with Gasteiger partial charge in [0.15, 0.2) is 11.5 Å². The molecule has 2 amide bonds. The number of hydrogen-bond acceptors (Lipinski definition) is 7. The van der Waals surface area contributed by atoms with Gasteiger partial charge in [0, 0.05) is 51.4 Å². The van der Waals surface area contributed by atoms with Crippen molar-refractivity contribution in [1.29, 1.82) is 0 Å². The van der Waals surface area contributed by atoms with E-state index in [-0.39, 0.29) is 30.0 Å². The van der Waals surface area contributed by atoms with E-state index in [9.17, 15) is 9.59 Å². The van der Waals surface area contributed by atoms with Crippen LogP contribution >= 0.6 is 0 Å². The maximum atomic E-state index is 14.1. The zero-order valence-corrected chi connectivity index (χ0v) is 27.0. The summed E-state index contributed by atoms with van der Waals surface area (Å²) in [6.45, 7) is 12.7. The summed E-state index contributed by atoms with van der Waals surface area (Å²) in [5.41, 5.74) is 1.01. The molecule has 1 fully saturated rings. The second-order valence-corrected chi connectivity index (χ2v) is 12.3. The highest BCUT2D eigenvalue weighted by Crippen LogP contribution is 2.31. The van der Waals surface area contributed by atoms with Gasteiger partial charge in [0.1, 0.15) is 5.60 Å². The maximum absolute atomic E-state index is 14.1. The third kappa shape index (κ3) is 10.7. The van der Waals surface area contributed by atoms with Crippen molar-refractivity contribution in [2.75, 3.05) is 47.1 Å². The van der Waals surface area contributed by atoms with Crippen molar-refractivity contribution in [2.24, 2.45) is 5.92 Å². The molecule has 0 aromatic heterocycles. The Bertz CT molecular complexity index is 1150. The molecule has 0 bridgehead atoms. The Labute approximate surface area is 257 Å². The lowest BCUT2D eigenvalue weighted by molar-refractivity contribution is -0.00545. The molecule has 1 unspecified atom stereocenters. The molecule has 9 nitrogen and oxygen atoms in total. The number of likely N-dealkylation sites (tertiary alicyclic amines) is 1. The van der Waals surface area contributed by atoms with E-state index in [0.717, 1.165) is 24.8 Å². The molecule has 2 aromatic carbocycles. The van der Waals surface area contributed by atoms with Gasteiger partial charge in [0.2, 0.25) is 0 Å². The van der Waals surface area contributed by atoms with Crippen LogP contribution in [0.25, 0.3) is 0 Å². The van der Waals surface area contributed by atoms with Gasteiger partial charge in [0.25, 0.3) is 5.91 Å². The van der Waals surface area contributed by atoms with E-state index in [1.54, 1.807) is 37.3 Å². The quantitative estimate of drug-likeness (QED) is 0.240. The Kier molecular flexibility index (Phi) is 13.1. The van der Waals surface area contributed by atoms with Crippen molar-refractivity contribution >= 4 is 12.0 Å². The fourth-order valence-electron chi connectivity index (χ4n) is 5.35. The second-order valence-electron chi connectivity index (χ2n) is 12.3. The molecule has 238 valence electrons. The summed E-state index contributed by atoms with van der Waals surface area (Å²) >= 11 is 0. The van der Waals surface area contributed by atoms with E-state index in [2.05, 4.69) is 0 Å². The summed E-state index contributed by atoms with van der Waals surface area (Å²) in [6.07, 6.45) is 1.88. The number of carbonyl (C=O) groups is 2. The highest BCUT2D eigenvalue weighted by atomic mass is 16.6. The maximum Gasteiger partial charge on any atom is 0.410 e. The van der Waals surface area contributed by atoms with Gasteiger partial charge in [-0.15, -0.1) is 0 Å². The Balaban J connectivity index is 1.79. The normalized spacial score (nSPS) is 17.1. The van der Waals surface area contributed by atoms with E-state index >= 15 is 0 Å². The molecular formula is C34H50N2O7. The summed E-state index contributed by atoms with van der Waals surface area (Å²) in [4.78, 5) is 31.0. The monoisotopic (exact) mass is 598 g/mol. The van der Waals surface area contributed by atoms with E-state index in [1.807, 2.05) is 69.9 Å². The van der Waals surface area contributed by atoms with Crippen LogP contribution in [0.4, 0.5) is 4.79 Å². The van der Waals surface area contributed by atoms with E-state index in [4.69, 9.17) is 23.7 Å². The van der Waals surface area contributed by atoms with Gasteiger partial charge >= 0.3 is 6.09 Å². The Morgan fingerprint density at radius 1 is 0.977 bits per heavy atom. The van der Waals surface area contributed by atoms with Crippen molar-refractivity contribution in [3.8, 4) is 11.5 Å². The van der Waals surface area contributed by atoms with E-state index in [0.29, 0.717) is 56.6 Å². The van der Waals surface area contributed by atoms with Gasteiger partial charge in [0.05, 0.1) is 26.4 Å². The predicted octanol–water partition coefficient (Wildman–Crippen LogP) is 6.19. The summed E-state index contributed by atoms with van der Waals surface area (Å²) in [7, 11) is 3.23. The first kappa shape index (κ1) is 34.2. The molecule has 0 saturated carbocycles. The molecule has 1 aliphatic rings. The van der Waals surface area contributed by atoms with Crippen LogP contribution in [0.5, 0.6) is 11.5 Å². The predicted molar refractivity (Wildman–Crippen MR) is 167 cm³/mol. The van der Waals surface area contributed by atoms with Crippen molar-refractivity contribution in [2.45, 2.75) is 78.2 Å². The summed E-state index contributed by atoms with van der Waals surface area (Å²) in [5.74, 6) is 1.11. The van der Waals surface area contributed by atoms with Gasteiger partial charge in [-0.2, -0.15) is 0 Å². The van der Waals surface area contributed by atoms with Gasteiger partial charge < -0.3 is 33.5 Å². The molecule has 1 saturated heterocycles. The number of benzene rings is 2. The van der Waals surface area contributed by atoms with Crippen molar-refractivity contribution in [3.05, 3.63) is 59.7 Å². The number of hydrogen-bond donors (Lipinski definition) is 0. The highest BCUT2D eigenvalue weighted by molar-refractivity contribution is 5.95. The zero-order chi connectivity index (χ0) is 31.4. The third-order valence-corrected chi connectivity index (χ3v) is 7.29. The van der Waals surface area contributed by atoms with Crippen molar-refractivity contribution in [3.63, 3.8) is 0 Å². The van der Waals surface area contributed by atoms with Crippen LogP contribution in [-0.2, 0) is 20.8 Å². The first-order valence-corrected chi connectivity index (χ1v) is 15.2. The van der Waals surface area contributed by atoms with E-state index < -0.39 is 5.60 Å². The Morgan fingerprint density at radius 3 is 2.37 bits per heavy atom. The average Bonchev–Trinajstić information content (AvgIpc) is 2.97. The van der Waals surface area contributed by atoms with Crippen LogP contribution in [0.2, 0.25) is 0 Å². The minimum absolute atomic E-state index is 0.0979.